The van der Waals surface area contributed by atoms with Crippen LogP contribution >= 0.6 is 0 Å². The number of carbonyl (C=O) groups excluding carboxylic acids is 1. The number of aryl methyl sites for hydroxylation is 1. The number of hydrogen-bond donors (Lipinski definition) is 1. The molecule has 1 amide bonds. The first-order valence-corrected chi connectivity index (χ1v) is 10.7. The summed E-state index contributed by atoms with van der Waals surface area (Å²) >= 11 is 0. The van der Waals surface area contributed by atoms with Gasteiger partial charge in [0.1, 0.15) is 5.82 Å². The van der Waals surface area contributed by atoms with E-state index >= 15 is 0 Å². The Kier molecular flexibility index (Phi) is 6.67. The number of rotatable bonds is 6. The van der Waals surface area contributed by atoms with Crippen LogP contribution in [0.2, 0.25) is 0 Å². The first kappa shape index (κ1) is 21.1. The van der Waals surface area contributed by atoms with Crippen LogP contribution in [-0.2, 0) is 6.54 Å². The third-order valence-corrected chi connectivity index (χ3v) is 5.82. The molecule has 1 N–H and O–H groups in total. The summed E-state index contributed by atoms with van der Waals surface area (Å²) in [5, 5.41) is 3.12. The SMILES string of the molecule is Cc1cccc(CN2CCC([C@H](NC(=O)c3cccc(F)c3)c3ccccn3)CC2)n1. The van der Waals surface area contributed by atoms with Crippen LogP contribution in [-0.4, -0.2) is 33.9 Å². The highest BCUT2D eigenvalue weighted by Crippen LogP contribution is 2.30. The van der Waals surface area contributed by atoms with E-state index in [9.17, 15) is 9.18 Å². The highest BCUT2D eigenvalue weighted by molar-refractivity contribution is 5.94. The zero-order valence-corrected chi connectivity index (χ0v) is 17.7. The maximum atomic E-state index is 13.6. The molecule has 3 heterocycles. The number of benzene rings is 1. The maximum absolute atomic E-state index is 13.6. The number of hydrogen-bond acceptors (Lipinski definition) is 4. The minimum Gasteiger partial charge on any atom is -0.343 e. The number of piperidine rings is 1. The molecule has 1 saturated heterocycles. The van der Waals surface area contributed by atoms with Gasteiger partial charge in [-0.15, -0.1) is 0 Å². The molecule has 0 unspecified atom stereocenters. The number of likely N-dealkylation sites (tertiary alicyclic amines) is 1. The van der Waals surface area contributed by atoms with Crippen molar-refractivity contribution in [2.75, 3.05) is 13.1 Å². The zero-order valence-electron chi connectivity index (χ0n) is 17.7. The largest absolute Gasteiger partial charge is 0.343 e. The molecular formula is C25H27FN4O. The van der Waals surface area contributed by atoms with Crippen molar-refractivity contribution >= 4 is 5.91 Å². The normalized spacial score (nSPS) is 16.1. The Morgan fingerprint density at radius 1 is 1.13 bits per heavy atom. The van der Waals surface area contributed by atoms with Gasteiger partial charge >= 0.3 is 0 Å². The molecule has 1 fully saturated rings. The van der Waals surface area contributed by atoms with Gasteiger partial charge in [-0.25, -0.2) is 4.39 Å². The minimum atomic E-state index is -0.417. The summed E-state index contributed by atoms with van der Waals surface area (Å²) in [6, 6.07) is 17.4. The first-order valence-electron chi connectivity index (χ1n) is 10.7. The number of carbonyl (C=O) groups is 1. The molecule has 1 atom stereocenters. The predicted octanol–water partition coefficient (Wildman–Crippen LogP) is 4.31. The van der Waals surface area contributed by atoms with E-state index in [1.165, 1.54) is 12.1 Å². The molecule has 0 saturated carbocycles. The van der Waals surface area contributed by atoms with Crippen molar-refractivity contribution in [2.24, 2.45) is 5.92 Å². The van der Waals surface area contributed by atoms with Crippen LogP contribution in [0.4, 0.5) is 4.39 Å². The third-order valence-electron chi connectivity index (χ3n) is 5.82. The summed E-state index contributed by atoms with van der Waals surface area (Å²) in [5.41, 5.74) is 3.27. The Labute approximate surface area is 182 Å². The quantitative estimate of drug-likeness (QED) is 0.648. The lowest BCUT2D eigenvalue weighted by atomic mass is 9.87. The van der Waals surface area contributed by atoms with Crippen molar-refractivity contribution in [1.29, 1.82) is 0 Å². The molecular weight excluding hydrogens is 391 g/mol. The second-order valence-electron chi connectivity index (χ2n) is 8.10. The molecule has 6 heteroatoms. The van der Waals surface area contributed by atoms with E-state index in [0.29, 0.717) is 5.56 Å². The van der Waals surface area contributed by atoms with E-state index in [1.807, 2.05) is 37.3 Å². The van der Waals surface area contributed by atoms with Gasteiger partial charge in [-0.05, 0) is 81.2 Å². The fourth-order valence-corrected chi connectivity index (χ4v) is 4.21. The van der Waals surface area contributed by atoms with Crippen molar-refractivity contribution in [2.45, 2.75) is 32.4 Å². The fourth-order valence-electron chi connectivity index (χ4n) is 4.21. The van der Waals surface area contributed by atoms with Gasteiger partial charge in [0.05, 0.1) is 17.4 Å². The monoisotopic (exact) mass is 418 g/mol. The molecule has 31 heavy (non-hydrogen) atoms. The second-order valence-corrected chi connectivity index (χ2v) is 8.10. The van der Waals surface area contributed by atoms with Gasteiger partial charge < -0.3 is 5.32 Å². The lowest BCUT2D eigenvalue weighted by Crippen LogP contribution is -2.41. The number of halogens is 1. The van der Waals surface area contributed by atoms with Crippen molar-refractivity contribution < 1.29 is 9.18 Å². The van der Waals surface area contributed by atoms with E-state index < -0.39 is 5.82 Å². The van der Waals surface area contributed by atoms with Gasteiger partial charge in [-0.2, -0.15) is 0 Å². The zero-order chi connectivity index (χ0) is 21.6. The molecule has 160 valence electrons. The van der Waals surface area contributed by atoms with E-state index in [0.717, 1.165) is 49.6 Å². The Hall–Kier alpha value is -3.12. The standard InChI is InChI=1S/C25H27FN4O/c1-18-6-4-9-22(28-18)17-30-14-11-19(12-15-30)24(23-10-2-3-13-27-23)29-25(31)20-7-5-8-21(26)16-20/h2-10,13,16,19,24H,11-12,14-15,17H2,1H3,(H,29,31)/t24-/m0/s1. The Morgan fingerprint density at radius 3 is 2.65 bits per heavy atom. The van der Waals surface area contributed by atoms with Crippen molar-refractivity contribution in [1.82, 2.24) is 20.2 Å². The molecule has 0 aliphatic carbocycles. The third kappa shape index (κ3) is 5.52. The summed E-state index contributed by atoms with van der Waals surface area (Å²) in [5.74, 6) is -0.434. The number of nitrogens with one attached hydrogen (secondary N) is 1. The van der Waals surface area contributed by atoms with Crippen molar-refractivity contribution in [3.8, 4) is 0 Å². The number of amides is 1. The van der Waals surface area contributed by atoms with Gasteiger partial charge in [0.25, 0.3) is 5.91 Å². The highest BCUT2D eigenvalue weighted by atomic mass is 19.1. The Bertz CT molecular complexity index is 1020. The predicted molar refractivity (Wildman–Crippen MR) is 118 cm³/mol. The van der Waals surface area contributed by atoms with Crippen LogP contribution in [0.3, 0.4) is 0 Å². The molecule has 4 rings (SSSR count). The van der Waals surface area contributed by atoms with E-state index in [2.05, 4.69) is 26.3 Å². The molecule has 0 spiro atoms. The maximum Gasteiger partial charge on any atom is 0.251 e. The van der Waals surface area contributed by atoms with Crippen LogP contribution in [0.25, 0.3) is 0 Å². The van der Waals surface area contributed by atoms with Gasteiger partial charge in [-0.3, -0.25) is 19.7 Å². The van der Waals surface area contributed by atoms with Crippen molar-refractivity contribution in [3.05, 3.63) is 95.3 Å². The number of nitrogens with zero attached hydrogens (tertiary/aromatic N) is 3. The average molecular weight is 419 g/mol. The fraction of sp³-hybridized carbons (Fsp3) is 0.320. The average Bonchev–Trinajstić information content (AvgIpc) is 2.79. The van der Waals surface area contributed by atoms with E-state index in [-0.39, 0.29) is 17.9 Å². The lowest BCUT2D eigenvalue weighted by molar-refractivity contribution is 0.0887. The molecule has 5 nitrogen and oxygen atoms in total. The molecule has 2 aromatic heterocycles. The topological polar surface area (TPSA) is 58.1 Å². The Balaban J connectivity index is 1.45. The summed E-state index contributed by atoms with van der Waals surface area (Å²) in [7, 11) is 0. The summed E-state index contributed by atoms with van der Waals surface area (Å²) in [6.07, 6.45) is 3.63. The molecule has 0 bridgehead atoms. The van der Waals surface area contributed by atoms with Gasteiger partial charge in [-0.1, -0.05) is 18.2 Å². The van der Waals surface area contributed by atoms with E-state index in [4.69, 9.17) is 0 Å². The molecule has 3 aromatic rings. The van der Waals surface area contributed by atoms with Crippen LogP contribution in [0.15, 0.2) is 66.9 Å². The minimum absolute atomic E-state index is 0.212. The molecule has 1 aromatic carbocycles. The van der Waals surface area contributed by atoms with Crippen LogP contribution in [0.1, 0.15) is 46.3 Å². The van der Waals surface area contributed by atoms with E-state index in [1.54, 1.807) is 18.3 Å². The molecule has 1 aliphatic rings. The summed E-state index contributed by atoms with van der Waals surface area (Å²) in [4.78, 5) is 24.4. The van der Waals surface area contributed by atoms with Gasteiger partial charge in [0.15, 0.2) is 0 Å². The Morgan fingerprint density at radius 2 is 1.94 bits per heavy atom. The van der Waals surface area contributed by atoms with Crippen LogP contribution in [0, 0.1) is 18.7 Å². The molecule has 0 radical (unpaired) electrons. The number of aromatic nitrogens is 2. The first-order chi connectivity index (χ1) is 15.1. The summed E-state index contributed by atoms with van der Waals surface area (Å²) < 4.78 is 13.6. The lowest BCUT2D eigenvalue weighted by Gasteiger charge is -2.36. The van der Waals surface area contributed by atoms with Gasteiger partial charge in [0, 0.05) is 24.0 Å². The highest BCUT2D eigenvalue weighted by Gasteiger charge is 2.30. The number of pyridine rings is 2. The van der Waals surface area contributed by atoms with Gasteiger partial charge in [0.2, 0.25) is 0 Å². The second kappa shape index (κ2) is 9.79. The van der Waals surface area contributed by atoms with Crippen molar-refractivity contribution in [3.63, 3.8) is 0 Å². The van der Waals surface area contributed by atoms with Crippen LogP contribution < -0.4 is 5.32 Å². The molecule has 1 aliphatic heterocycles. The van der Waals surface area contributed by atoms with Crippen LogP contribution in [0.5, 0.6) is 0 Å². The smallest absolute Gasteiger partial charge is 0.251 e. The summed E-state index contributed by atoms with van der Waals surface area (Å²) in [6.45, 7) is 4.70.